The molecule has 2 aromatic rings. The molecule has 7 heteroatoms. The van der Waals surface area contributed by atoms with Crippen molar-refractivity contribution in [1.82, 2.24) is 14.2 Å². The monoisotopic (exact) mass is 355 g/mol. The first-order valence-corrected chi connectivity index (χ1v) is 8.65. The number of aromatic nitrogens is 1. The molecular weight excluding hydrogens is 335 g/mol. The molecule has 1 unspecified atom stereocenters. The van der Waals surface area contributed by atoms with Crippen molar-refractivity contribution < 1.29 is 13.2 Å². The van der Waals surface area contributed by atoms with Gasteiger partial charge in [0, 0.05) is 31.1 Å². The molecule has 130 valence electrons. The van der Waals surface area contributed by atoms with E-state index in [1.807, 2.05) is 13.0 Å². The first-order valence-electron chi connectivity index (χ1n) is 7.87. The van der Waals surface area contributed by atoms with E-state index in [-0.39, 0.29) is 6.04 Å². The van der Waals surface area contributed by atoms with Crippen LogP contribution in [-0.2, 0) is 6.18 Å². The van der Waals surface area contributed by atoms with Gasteiger partial charge in [-0.2, -0.15) is 17.5 Å². The van der Waals surface area contributed by atoms with Gasteiger partial charge in [-0.1, -0.05) is 12.1 Å². The van der Waals surface area contributed by atoms with Crippen LogP contribution >= 0.6 is 11.5 Å². The molecule has 1 aromatic carbocycles. The molecule has 1 saturated heterocycles. The van der Waals surface area contributed by atoms with E-state index in [2.05, 4.69) is 21.2 Å². The number of rotatable bonds is 3. The van der Waals surface area contributed by atoms with Crippen molar-refractivity contribution in [3.63, 3.8) is 0 Å². The molecule has 1 atom stereocenters. The number of aryl methyl sites for hydroxylation is 1. The van der Waals surface area contributed by atoms with Crippen LogP contribution in [0, 0.1) is 6.92 Å². The topological polar surface area (TPSA) is 19.4 Å². The first-order chi connectivity index (χ1) is 11.3. The summed E-state index contributed by atoms with van der Waals surface area (Å²) in [5.41, 5.74) is 0.986. The summed E-state index contributed by atoms with van der Waals surface area (Å²) in [5.74, 6) is 0. The van der Waals surface area contributed by atoms with E-state index >= 15 is 0 Å². The van der Waals surface area contributed by atoms with E-state index in [0.717, 1.165) is 42.8 Å². The molecule has 0 bridgehead atoms. The van der Waals surface area contributed by atoms with Crippen LogP contribution in [-0.4, -0.2) is 47.4 Å². The second-order valence-electron chi connectivity index (χ2n) is 6.24. The Labute approximate surface area is 143 Å². The Hall–Kier alpha value is -1.44. The number of hydrogen-bond acceptors (Lipinski definition) is 4. The zero-order valence-corrected chi connectivity index (χ0v) is 14.5. The second-order valence-corrected chi connectivity index (χ2v) is 7.07. The molecule has 3 rings (SSSR count). The first kappa shape index (κ1) is 17.4. The van der Waals surface area contributed by atoms with Gasteiger partial charge in [0.25, 0.3) is 0 Å². The van der Waals surface area contributed by atoms with Crippen molar-refractivity contribution in [3.8, 4) is 0 Å². The van der Waals surface area contributed by atoms with E-state index in [9.17, 15) is 13.2 Å². The van der Waals surface area contributed by atoms with Crippen LogP contribution in [0.4, 0.5) is 13.2 Å². The third-order valence-electron chi connectivity index (χ3n) is 4.35. The summed E-state index contributed by atoms with van der Waals surface area (Å²) >= 11 is 1.37. The van der Waals surface area contributed by atoms with Gasteiger partial charge in [-0.3, -0.25) is 4.90 Å². The quantitative estimate of drug-likeness (QED) is 0.835. The summed E-state index contributed by atoms with van der Waals surface area (Å²) in [6.07, 6.45) is -4.33. The Kier molecular flexibility index (Phi) is 4.94. The highest BCUT2D eigenvalue weighted by Gasteiger charge is 2.33. The van der Waals surface area contributed by atoms with E-state index in [0.29, 0.717) is 5.56 Å². The second kappa shape index (κ2) is 6.82. The molecule has 0 aliphatic carbocycles. The van der Waals surface area contributed by atoms with Crippen LogP contribution < -0.4 is 0 Å². The van der Waals surface area contributed by atoms with Gasteiger partial charge in [0.2, 0.25) is 0 Å². The van der Waals surface area contributed by atoms with Gasteiger partial charge in [-0.25, -0.2) is 0 Å². The maximum atomic E-state index is 13.1. The lowest BCUT2D eigenvalue weighted by atomic mass is 10.00. The predicted octanol–water partition coefficient (Wildman–Crippen LogP) is 3.81. The largest absolute Gasteiger partial charge is 0.416 e. The molecule has 1 aliphatic heterocycles. The normalized spacial score (nSPS) is 18.7. The smallest absolute Gasteiger partial charge is 0.304 e. The van der Waals surface area contributed by atoms with Crippen LogP contribution in [0.3, 0.4) is 0 Å². The van der Waals surface area contributed by atoms with Gasteiger partial charge in [-0.05, 0) is 49.3 Å². The fraction of sp³-hybridized carbons (Fsp3) is 0.471. The number of piperazine rings is 1. The lowest BCUT2D eigenvalue weighted by Gasteiger charge is -2.37. The lowest BCUT2D eigenvalue weighted by molar-refractivity contribution is -0.137. The maximum Gasteiger partial charge on any atom is 0.416 e. The predicted molar refractivity (Wildman–Crippen MR) is 89.2 cm³/mol. The van der Waals surface area contributed by atoms with E-state index in [4.69, 9.17) is 0 Å². The zero-order valence-electron chi connectivity index (χ0n) is 13.7. The average molecular weight is 355 g/mol. The van der Waals surface area contributed by atoms with E-state index in [1.54, 1.807) is 6.07 Å². The third-order valence-corrected chi connectivity index (χ3v) is 5.28. The van der Waals surface area contributed by atoms with Crippen molar-refractivity contribution in [2.24, 2.45) is 0 Å². The standard InChI is InChI=1S/C17H20F3N3S/c1-12-10-15(24-21-12)16(23-8-6-22(2)7-9-23)13-4-3-5-14(11-13)17(18,19)20/h3-5,10-11,16H,6-9H2,1-2H3. The van der Waals surface area contributed by atoms with Crippen LogP contribution in [0.25, 0.3) is 0 Å². The molecule has 0 spiro atoms. The Morgan fingerprint density at radius 2 is 1.83 bits per heavy atom. The highest BCUT2D eigenvalue weighted by atomic mass is 32.1. The Morgan fingerprint density at radius 1 is 1.12 bits per heavy atom. The molecule has 1 aliphatic rings. The van der Waals surface area contributed by atoms with Crippen LogP contribution in [0.5, 0.6) is 0 Å². The van der Waals surface area contributed by atoms with Gasteiger partial charge in [-0.15, -0.1) is 0 Å². The van der Waals surface area contributed by atoms with Crippen LogP contribution in [0.2, 0.25) is 0 Å². The number of nitrogens with zero attached hydrogens (tertiary/aromatic N) is 3. The van der Waals surface area contributed by atoms with Crippen LogP contribution in [0.1, 0.15) is 27.7 Å². The molecule has 24 heavy (non-hydrogen) atoms. The molecule has 0 N–H and O–H groups in total. The van der Waals surface area contributed by atoms with Crippen LogP contribution in [0.15, 0.2) is 30.3 Å². The third kappa shape index (κ3) is 3.79. The number of alkyl halides is 3. The molecule has 0 saturated carbocycles. The molecule has 1 fully saturated rings. The molecule has 0 amide bonds. The van der Waals surface area contributed by atoms with Crippen molar-refractivity contribution in [2.75, 3.05) is 33.2 Å². The van der Waals surface area contributed by atoms with Gasteiger partial charge in [0.1, 0.15) is 0 Å². The fourth-order valence-electron chi connectivity index (χ4n) is 3.03. The van der Waals surface area contributed by atoms with Crippen molar-refractivity contribution in [2.45, 2.75) is 19.1 Å². The summed E-state index contributed by atoms with van der Waals surface area (Å²) in [4.78, 5) is 5.48. The summed E-state index contributed by atoms with van der Waals surface area (Å²) in [7, 11) is 2.06. The fourth-order valence-corrected chi connectivity index (χ4v) is 3.94. The van der Waals surface area contributed by atoms with Crippen molar-refractivity contribution >= 4 is 11.5 Å². The molecule has 1 aromatic heterocycles. The minimum absolute atomic E-state index is 0.174. The average Bonchev–Trinajstić information content (AvgIpc) is 2.95. The summed E-state index contributed by atoms with van der Waals surface area (Å²) in [5, 5.41) is 0. The summed E-state index contributed by atoms with van der Waals surface area (Å²) < 4.78 is 43.6. The Balaban J connectivity index is 1.98. The Bertz CT molecular complexity index is 690. The molecule has 2 heterocycles. The molecule has 3 nitrogen and oxygen atoms in total. The summed E-state index contributed by atoms with van der Waals surface area (Å²) in [6, 6.07) is 7.49. The number of benzene rings is 1. The number of hydrogen-bond donors (Lipinski definition) is 0. The minimum atomic E-state index is -4.33. The van der Waals surface area contributed by atoms with Gasteiger partial charge in [0.15, 0.2) is 0 Å². The zero-order chi connectivity index (χ0) is 17.3. The number of likely N-dealkylation sites (N-methyl/N-ethyl adjacent to an activating group) is 1. The number of halogens is 3. The molecular formula is C17H20F3N3S. The highest BCUT2D eigenvalue weighted by Crippen LogP contribution is 2.36. The highest BCUT2D eigenvalue weighted by molar-refractivity contribution is 7.05. The summed E-state index contributed by atoms with van der Waals surface area (Å²) in [6.45, 7) is 5.39. The van der Waals surface area contributed by atoms with E-state index < -0.39 is 11.7 Å². The van der Waals surface area contributed by atoms with Gasteiger partial charge in [0.05, 0.1) is 17.3 Å². The van der Waals surface area contributed by atoms with Gasteiger partial charge >= 0.3 is 6.18 Å². The minimum Gasteiger partial charge on any atom is -0.304 e. The van der Waals surface area contributed by atoms with Crippen molar-refractivity contribution in [1.29, 1.82) is 0 Å². The maximum absolute atomic E-state index is 13.1. The SMILES string of the molecule is Cc1cc(C(c2cccc(C(F)(F)F)c2)N2CCN(C)CC2)sn1. The lowest BCUT2D eigenvalue weighted by Crippen LogP contribution is -2.46. The van der Waals surface area contributed by atoms with Gasteiger partial charge < -0.3 is 4.90 Å². The van der Waals surface area contributed by atoms with E-state index in [1.165, 1.54) is 23.7 Å². The Morgan fingerprint density at radius 3 is 2.42 bits per heavy atom. The van der Waals surface area contributed by atoms with Crippen molar-refractivity contribution in [3.05, 3.63) is 52.0 Å². The molecule has 0 radical (unpaired) electrons.